The van der Waals surface area contributed by atoms with Gasteiger partial charge >= 0.3 is 0 Å². The van der Waals surface area contributed by atoms with Crippen molar-refractivity contribution in [2.24, 2.45) is 0 Å². The van der Waals surface area contributed by atoms with Crippen LogP contribution in [0.15, 0.2) is 36.5 Å². The molecule has 126 valence electrons. The molecule has 0 bridgehead atoms. The Labute approximate surface area is 142 Å². The summed E-state index contributed by atoms with van der Waals surface area (Å²) >= 11 is 0. The molecule has 0 N–H and O–H groups in total. The van der Waals surface area contributed by atoms with E-state index in [1.807, 2.05) is 35.2 Å². The molecule has 0 aliphatic carbocycles. The Kier molecular flexibility index (Phi) is 4.06. The Hall–Kier alpha value is -2.21. The minimum absolute atomic E-state index is 0.0139. The van der Waals surface area contributed by atoms with Gasteiger partial charge in [-0.3, -0.25) is 4.79 Å². The van der Waals surface area contributed by atoms with E-state index in [0.717, 1.165) is 31.6 Å². The molecular formula is C18H23N5O. The highest BCUT2D eigenvalue weighted by atomic mass is 16.2. The van der Waals surface area contributed by atoms with Crippen molar-refractivity contribution in [3.8, 4) is 5.69 Å². The van der Waals surface area contributed by atoms with Gasteiger partial charge in [-0.1, -0.05) is 23.4 Å². The predicted molar refractivity (Wildman–Crippen MR) is 91.1 cm³/mol. The van der Waals surface area contributed by atoms with Gasteiger partial charge in [0, 0.05) is 18.6 Å². The van der Waals surface area contributed by atoms with E-state index in [-0.39, 0.29) is 5.91 Å². The molecule has 1 aromatic heterocycles. The number of para-hydroxylation sites is 1. The summed E-state index contributed by atoms with van der Waals surface area (Å²) < 4.78 is 1.67. The van der Waals surface area contributed by atoms with Crippen LogP contribution in [0.4, 0.5) is 0 Å². The van der Waals surface area contributed by atoms with Crippen LogP contribution in [0.2, 0.25) is 0 Å². The highest BCUT2D eigenvalue weighted by molar-refractivity contribution is 5.92. The van der Waals surface area contributed by atoms with Crippen molar-refractivity contribution in [2.45, 2.75) is 37.8 Å². The summed E-state index contributed by atoms with van der Waals surface area (Å²) in [5, 5.41) is 8.25. The summed E-state index contributed by atoms with van der Waals surface area (Å²) in [5.41, 5.74) is 1.35. The number of hydrogen-bond acceptors (Lipinski definition) is 4. The van der Waals surface area contributed by atoms with Gasteiger partial charge in [0.2, 0.25) is 0 Å². The molecule has 2 fully saturated rings. The summed E-state index contributed by atoms with van der Waals surface area (Å²) in [7, 11) is 2.17. The Bertz CT molecular complexity index is 713. The van der Waals surface area contributed by atoms with Crippen LogP contribution in [0.1, 0.15) is 36.2 Å². The molecule has 2 aliphatic heterocycles. The third-order valence-electron chi connectivity index (χ3n) is 5.31. The summed E-state index contributed by atoms with van der Waals surface area (Å²) in [6, 6.07) is 10.6. The normalized spacial score (nSPS) is 24.6. The lowest BCUT2D eigenvalue weighted by Crippen LogP contribution is -2.47. The van der Waals surface area contributed by atoms with Crippen LogP contribution in [-0.2, 0) is 0 Å². The molecule has 24 heavy (non-hydrogen) atoms. The van der Waals surface area contributed by atoms with Crippen molar-refractivity contribution in [3.05, 3.63) is 42.2 Å². The third kappa shape index (κ3) is 2.71. The van der Waals surface area contributed by atoms with E-state index in [0.29, 0.717) is 17.8 Å². The van der Waals surface area contributed by atoms with Crippen LogP contribution < -0.4 is 0 Å². The van der Waals surface area contributed by atoms with Gasteiger partial charge in [0.05, 0.1) is 11.9 Å². The molecule has 1 amide bonds. The lowest BCUT2D eigenvalue weighted by Gasteiger charge is -2.32. The number of rotatable bonds is 3. The second kappa shape index (κ2) is 6.36. The first kappa shape index (κ1) is 15.3. The third-order valence-corrected chi connectivity index (χ3v) is 5.31. The zero-order chi connectivity index (χ0) is 16.5. The molecule has 1 aromatic carbocycles. The highest BCUT2D eigenvalue weighted by Crippen LogP contribution is 2.29. The largest absolute Gasteiger partial charge is 0.333 e. The molecule has 0 radical (unpaired) electrons. The summed E-state index contributed by atoms with van der Waals surface area (Å²) in [6.45, 7) is 1.96. The number of aromatic nitrogens is 3. The number of carbonyl (C=O) groups excluding carboxylic acids is 1. The monoisotopic (exact) mass is 325 g/mol. The second-order valence-electron chi connectivity index (χ2n) is 6.78. The molecule has 2 aromatic rings. The first-order valence-electron chi connectivity index (χ1n) is 8.73. The van der Waals surface area contributed by atoms with E-state index in [4.69, 9.17) is 0 Å². The van der Waals surface area contributed by atoms with Gasteiger partial charge in [0.15, 0.2) is 5.69 Å². The van der Waals surface area contributed by atoms with E-state index >= 15 is 0 Å². The van der Waals surface area contributed by atoms with Crippen LogP contribution in [0.5, 0.6) is 0 Å². The molecular weight excluding hydrogens is 302 g/mol. The average Bonchev–Trinajstić information content (AvgIpc) is 3.35. The highest BCUT2D eigenvalue weighted by Gasteiger charge is 2.39. The van der Waals surface area contributed by atoms with Crippen LogP contribution >= 0.6 is 0 Å². The minimum atomic E-state index is 0.0139. The first-order valence-corrected chi connectivity index (χ1v) is 8.73. The molecule has 2 atom stereocenters. The number of nitrogens with zero attached hydrogens (tertiary/aromatic N) is 5. The predicted octanol–water partition coefficient (Wildman–Crippen LogP) is 1.97. The topological polar surface area (TPSA) is 54.3 Å². The minimum Gasteiger partial charge on any atom is -0.333 e. The number of likely N-dealkylation sites (N-methyl/N-ethyl adjacent to an activating group) is 1. The van der Waals surface area contributed by atoms with Crippen molar-refractivity contribution in [2.75, 3.05) is 20.1 Å². The number of likely N-dealkylation sites (tertiary alicyclic amines) is 2. The number of hydrogen-bond donors (Lipinski definition) is 0. The molecule has 2 aliphatic rings. The Morgan fingerprint density at radius 3 is 2.58 bits per heavy atom. The molecule has 0 unspecified atom stereocenters. The Morgan fingerprint density at radius 2 is 1.83 bits per heavy atom. The molecule has 6 heteroatoms. The van der Waals surface area contributed by atoms with Crippen LogP contribution in [0, 0.1) is 0 Å². The van der Waals surface area contributed by atoms with Gasteiger partial charge in [-0.05, 0) is 51.4 Å². The SMILES string of the molecule is CN1CCC[C@H]1[C@@H]1CCCN1C(=O)c1cn(-c2ccccc2)nn1. The van der Waals surface area contributed by atoms with E-state index in [1.165, 1.54) is 12.8 Å². The molecule has 6 nitrogen and oxygen atoms in total. The van der Waals surface area contributed by atoms with Gasteiger partial charge in [-0.25, -0.2) is 4.68 Å². The number of benzene rings is 1. The maximum Gasteiger partial charge on any atom is 0.276 e. The van der Waals surface area contributed by atoms with Gasteiger partial charge in [-0.15, -0.1) is 5.10 Å². The van der Waals surface area contributed by atoms with E-state index in [9.17, 15) is 4.79 Å². The lowest BCUT2D eigenvalue weighted by atomic mass is 10.0. The van der Waals surface area contributed by atoms with Crippen molar-refractivity contribution < 1.29 is 4.79 Å². The molecule has 2 saturated heterocycles. The van der Waals surface area contributed by atoms with E-state index in [2.05, 4.69) is 22.3 Å². The van der Waals surface area contributed by atoms with Crippen LogP contribution in [-0.4, -0.2) is 62.9 Å². The van der Waals surface area contributed by atoms with E-state index in [1.54, 1.807) is 10.9 Å². The maximum atomic E-state index is 13.0. The fourth-order valence-corrected chi connectivity index (χ4v) is 4.08. The molecule has 4 rings (SSSR count). The van der Waals surface area contributed by atoms with Gasteiger partial charge in [0.25, 0.3) is 5.91 Å². The fraction of sp³-hybridized carbons (Fsp3) is 0.500. The Balaban J connectivity index is 1.54. The van der Waals surface area contributed by atoms with Gasteiger partial charge in [-0.2, -0.15) is 0 Å². The quantitative estimate of drug-likeness (QED) is 0.866. The maximum absolute atomic E-state index is 13.0. The summed E-state index contributed by atoms with van der Waals surface area (Å²) in [4.78, 5) is 17.4. The van der Waals surface area contributed by atoms with Crippen molar-refractivity contribution in [1.82, 2.24) is 24.8 Å². The standard InChI is InChI=1S/C18H23N5O/c1-21-11-5-9-16(21)17-10-6-12-22(17)18(24)15-13-23(20-19-15)14-7-3-2-4-8-14/h2-4,7-8,13,16-17H,5-6,9-12H2,1H3/t16-,17-/m0/s1. The molecule has 3 heterocycles. The molecule has 0 spiro atoms. The second-order valence-corrected chi connectivity index (χ2v) is 6.78. The number of amides is 1. The summed E-state index contributed by atoms with van der Waals surface area (Å²) in [5.74, 6) is 0.0139. The number of carbonyl (C=O) groups is 1. The van der Waals surface area contributed by atoms with Crippen LogP contribution in [0.3, 0.4) is 0 Å². The molecule has 0 saturated carbocycles. The van der Waals surface area contributed by atoms with Crippen molar-refractivity contribution in [3.63, 3.8) is 0 Å². The fourth-order valence-electron chi connectivity index (χ4n) is 4.08. The zero-order valence-electron chi connectivity index (χ0n) is 14.0. The van der Waals surface area contributed by atoms with Crippen molar-refractivity contribution in [1.29, 1.82) is 0 Å². The van der Waals surface area contributed by atoms with Crippen LogP contribution in [0.25, 0.3) is 5.69 Å². The van der Waals surface area contributed by atoms with E-state index < -0.39 is 0 Å². The average molecular weight is 325 g/mol. The Morgan fingerprint density at radius 1 is 1.08 bits per heavy atom. The van der Waals surface area contributed by atoms with Gasteiger partial charge in [0.1, 0.15) is 0 Å². The lowest BCUT2D eigenvalue weighted by molar-refractivity contribution is 0.0658. The summed E-state index contributed by atoms with van der Waals surface area (Å²) in [6.07, 6.45) is 6.32. The zero-order valence-corrected chi connectivity index (χ0v) is 14.0. The smallest absolute Gasteiger partial charge is 0.276 e. The van der Waals surface area contributed by atoms with Crippen molar-refractivity contribution >= 4 is 5.91 Å². The first-order chi connectivity index (χ1) is 11.7. The van der Waals surface area contributed by atoms with Gasteiger partial charge < -0.3 is 9.80 Å².